The Labute approximate surface area is 254 Å². The molecule has 236 valence electrons. The van der Waals surface area contributed by atoms with Gasteiger partial charge in [-0.05, 0) is 74.9 Å². The number of methoxy groups -OCH3 is 1. The summed E-state index contributed by atoms with van der Waals surface area (Å²) in [5.74, 6) is -0.907. The number of phenols is 1. The van der Waals surface area contributed by atoms with E-state index in [-0.39, 0.29) is 28.0 Å². The van der Waals surface area contributed by atoms with Gasteiger partial charge in [-0.2, -0.15) is 0 Å². The fourth-order valence-electron chi connectivity index (χ4n) is 5.58. The average Bonchev–Trinajstić information content (AvgIpc) is 2.94. The van der Waals surface area contributed by atoms with E-state index >= 15 is 0 Å². The molecular formula is C32H38N2O10. The minimum Gasteiger partial charge on any atom is -0.508 e. The molecule has 3 aromatic rings. The van der Waals surface area contributed by atoms with Gasteiger partial charge in [0.1, 0.15) is 35.4 Å². The highest BCUT2D eigenvalue weighted by Gasteiger charge is 2.52. The van der Waals surface area contributed by atoms with Gasteiger partial charge in [0, 0.05) is 18.2 Å². The number of allylic oxidation sites excluding steroid dienone is 2. The number of hydrogen-bond acceptors (Lipinski definition) is 10. The number of nitrogens with one attached hydrogen (secondary N) is 1. The maximum atomic E-state index is 13.0. The number of phenolic OH excluding ortho intramolecular Hbond substituents is 1. The maximum Gasteiger partial charge on any atom is 0.404 e. The van der Waals surface area contributed by atoms with Crippen LogP contribution in [0.15, 0.2) is 51.2 Å². The van der Waals surface area contributed by atoms with E-state index < -0.39 is 58.9 Å². The molecule has 0 unspecified atom stereocenters. The minimum absolute atomic E-state index is 0.0147. The molecule has 0 spiro atoms. The Kier molecular flexibility index (Phi) is 9.26. The van der Waals surface area contributed by atoms with E-state index in [0.717, 1.165) is 5.57 Å². The standard InChI is InChI=1S/C32H38N2O10/c1-15(2)7-8-17-13-18(9-11-20(17)35)29(38)34-23-24(36)19-10-12-21(16(3)26(19)43-30(23)39)42-22-14-32(4,5)28(41-6)27(25(22)37)44-31(33)40/h7,9-13,22,25,27-28,35-37H,8,14H2,1-6H3,(H2,33,40)(H,34,38)/t22-,25+,27+,28-/m1/s1. The van der Waals surface area contributed by atoms with Gasteiger partial charge in [0.2, 0.25) is 0 Å². The first-order chi connectivity index (χ1) is 20.6. The third-order valence-corrected chi connectivity index (χ3v) is 7.86. The molecule has 2 amide bonds. The summed E-state index contributed by atoms with van der Waals surface area (Å²) in [6, 6.07) is 7.29. The van der Waals surface area contributed by atoms with Crippen LogP contribution in [0.1, 0.15) is 55.6 Å². The van der Waals surface area contributed by atoms with Crippen molar-refractivity contribution < 1.29 is 43.5 Å². The van der Waals surface area contributed by atoms with E-state index in [2.05, 4.69) is 5.32 Å². The highest BCUT2D eigenvalue weighted by Crippen LogP contribution is 2.42. The van der Waals surface area contributed by atoms with Crippen molar-refractivity contribution in [2.24, 2.45) is 11.1 Å². The largest absolute Gasteiger partial charge is 0.508 e. The van der Waals surface area contributed by atoms with Crippen LogP contribution in [0, 0.1) is 12.3 Å². The second kappa shape index (κ2) is 12.6. The van der Waals surface area contributed by atoms with Crippen molar-refractivity contribution in [1.82, 2.24) is 0 Å². The first kappa shape index (κ1) is 32.4. The van der Waals surface area contributed by atoms with Gasteiger partial charge in [-0.3, -0.25) is 4.79 Å². The smallest absolute Gasteiger partial charge is 0.404 e. The fraction of sp³-hybridized carbons (Fsp3) is 0.406. The van der Waals surface area contributed by atoms with Crippen molar-refractivity contribution in [2.75, 3.05) is 12.4 Å². The Morgan fingerprint density at radius 1 is 1.18 bits per heavy atom. The number of aliphatic hydroxyl groups is 1. The Balaban J connectivity index is 1.63. The molecule has 44 heavy (non-hydrogen) atoms. The molecule has 1 aliphatic rings. The van der Waals surface area contributed by atoms with E-state index in [9.17, 15) is 29.7 Å². The van der Waals surface area contributed by atoms with Gasteiger partial charge in [0.25, 0.3) is 5.91 Å². The third kappa shape index (κ3) is 6.51. The van der Waals surface area contributed by atoms with Crippen molar-refractivity contribution in [2.45, 2.75) is 71.9 Å². The molecule has 0 bridgehead atoms. The van der Waals surface area contributed by atoms with Crippen molar-refractivity contribution in [1.29, 1.82) is 0 Å². The van der Waals surface area contributed by atoms with Crippen LogP contribution in [0.25, 0.3) is 11.0 Å². The first-order valence-electron chi connectivity index (χ1n) is 14.0. The lowest BCUT2D eigenvalue weighted by atomic mass is 9.70. The molecule has 6 N–H and O–H groups in total. The van der Waals surface area contributed by atoms with E-state index in [4.69, 9.17) is 24.4 Å². The van der Waals surface area contributed by atoms with Gasteiger partial charge in [0.05, 0.1) is 5.39 Å². The SMILES string of the molecule is CO[C@@H]1[C@@H](OC(N)=O)[C@@H](O)[C@H](Oc2ccc3c(O)c(NC(=O)c4ccc(O)c(CC=C(C)C)c4)c(=O)oc3c2C)CC1(C)C. The number of aryl methyl sites for hydroxylation is 1. The van der Waals surface area contributed by atoms with Crippen molar-refractivity contribution in [3.63, 3.8) is 0 Å². The molecule has 1 aromatic heterocycles. The van der Waals surface area contributed by atoms with Crippen LogP contribution in [0.2, 0.25) is 0 Å². The quantitative estimate of drug-likeness (QED) is 0.182. The molecular weight excluding hydrogens is 572 g/mol. The molecule has 12 nitrogen and oxygen atoms in total. The lowest BCUT2D eigenvalue weighted by molar-refractivity contribution is -0.183. The summed E-state index contributed by atoms with van der Waals surface area (Å²) < 4.78 is 22.4. The number of amides is 2. The number of fused-ring (bicyclic) bond motifs is 1. The molecule has 1 saturated carbocycles. The number of anilines is 1. The van der Waals surface area contributed by atoms with Gasteiger partial charge in [0.15, 0.2) is 17.5 Å². The number of primary amides is 1. The summed E-state index contributed by atoms with van der Waals surface area (Å²) in [5, 5.41) is 34.8. The van der Waals surface area contributed by atoms with Crippen LogP contribution < -0.4 is 21.4 Å². The van der Waals surface area contributed by atoms with E-state index in [0.29, 0.717) is 24.0 Å². The lowest BCUT2D eigenvalue weighted by Crippen LogP contribution is -2.60. The van der Waals surface area contributed by atoms with E-state index in [1.54, 1.807) is 6.92 Å². The number of hydrogen-bond donors (Lipinski definition) is 5. The maximum absolute atomic E-state index is 13.0. The number of carbonyl (C=O) groups is 2. The second-order valence-corrected chi connectivity index (χ2v) is 11.9. The highest BCUT2D eigenvalue weighted by molar-refractivity contribution is 6.06. The topological polar surface area (TPSA) is 191 Å². The van der Waals surface area contributed by atoms with Crippen LogP contribution in [0.5, 0.6) is 17.2 Å². The lowest BCUT2D eigenvalue weighted by Gasteiger charge is -2.47. The molecule has 1 aliphatic carbocycles. The number of aliphatic hydroxyl groups excluding tert-OH is 1. The predicted octanol–water partition coefficient (Wildman–Crippen LogP) is 4.29. The molecule has 1 heterocycles. The van der Waals surface area contributed by atoms with Crippen LogP contribution in [-0.4, -0.2) is 58.8 Å². The fourth-order valence-corrected chi connectivity index (χ4v) is 5.58. The van der Waals surface area contributed by atoms with Gasteiger partial charge < -0.3 is 45.0 Å². The first-order valence-corrected chi connectivity index (χ1v) is 14.0. The number of carbonyl (C=O) groups excluding carboxylic acids is 2. The van der Waals surface area contributed by atoms with Gasteiger partial charge in [-0.25, -0.2) is 9.59 Å². The zero-order chi connectivity index (χ0) is 32.5. The van der Waals surface area contributed by atoms with Crippen molar-refractivity contribution >= 4 is 28.7 Å². The molecule has 0 radical (unpaired) electrons. The zero-order valence-corrected chi connectivity index (χ0v) is 25.5. The Morgan fingerprint density at radius 2 is 1.89 bits per heavy atom. The van der Waals surface area contributed by atoms with Crippen molar-refractivity contribution in [3.05, 3.63) is 69.1 Å². The zero-order valence-electron chi connectivity index (χ0n) is 25.5. The molecule has 12 heteroatoms. The van der Waals surface area contributed by atoms with Crippen LogP contribution in [0.4, 0.5) is 10.5 Å². The Morgan fingerprint density at radius 3 is 2.52 bits per heavy atom. The molecule has 1 fully saturated rings. The molecule has 0 aliphatic heterocycles. The summed E-state index contributed by atoms with van der Waals surface area (Å²) in [6.07, 6.45) is -2.35. The molecule has 4 rings (SSSR count). The minimum atomic E-state index is -1.30. The number of rotatable bonds is 8. The van der Waals surface area contributed by atoms with Gasteiger partial charge in [-0.15, -0.1) is 0 Å². The summed E-state index contributed by atoms with van der Waals surface area (Å²) in [4.78, 5) is 37.6. The van der Waals surface area contributed by atoms with E-state index in [1.807, 2.05) is 33.8 Å². The third-order valence-electron chi connectivity index (χ3n) is 7.86. The summed E-state index contributed by atoms with van der Waals surface area (Å²) in [6.45, 7) is 9.20. The molecule has 2 aromatic carbocycles. The summed E-state index contributed by atoms with van der Waals surface area (Å²) in [7, 11) is 1.45. The number of ether oxygens (including phenoxy) is 3. The van der Waals surface area contributed by atoms with Crippen LogP contribution in [-0.2, 0) is 15.9 Å². The molecule has 0 saturated heterocycles. The normalized spacial score (nSPS) is 21.0. The number of nitrogens with two attached hydrogens (primary N) is 1. The Hall–Kier alpha value is -4.55. The summed E-state index contributed by atoms with van der Waals surface area (Å²) in [5.41, 5.74) is 5.30. The van der Waals surface area contributed by atoms with Crippen molar-refractivity contribution in [3.8, 4) is 17.2 Å². The van der Waals surface area contributed by atoms with Crippen LogP contribution in [0.3, 0.4) is 0 Å². The number of benzene rings is 2. The molecule has 4 atom stereocenters. The average molecular weight is 611 g/mol. The van der Waals surface area contributed by atoms with Crippen LogP contribution >= 0.6 is 0 Å². The van der Waals surface area contributed by atoms with Gasteiger partial charge in [-0.1, -0.05) is 25.5 Å². The highest BCUT2D eigenvalue weighted by atomic mass is 16.6. The summed E-state index contributed by atoms with van der Waals surface area (Å²) >= 11 is 0. The second-order valence-electron chi connectivity index (χ2n) is 11.9. The monoisotopic (exact) mass is 610 g/mol. The number of aromatic hydroxyl groups is 2. The Bertz CT molecular complexity index is 1670. The van der Waals surface area contributed by atoms with Gasteiger partial charge >= 0.3 is 11.7 Å². The predicted molar refractivity (Wildman–Crippen MR) is 162 cm³/mol. The van der Waals surface area contributed by atoms with E-state index in [1.165, 1.54) is 37.4 Å².